The number of aliphatic imine (C=N–C) groups is 1. The van der Waals surface area contributed by atoms with Gasteiger partial charge in [-0.2, -0.15) is 0 Å². The summed E-state index contributed by atoms with van der Waals surface area (Å²) in [5, 5.41) is 13.6. The highest BCUT2D eigenvalue weighted by molar-refractivity contribution is 5.79. The molecule has 0 amide bonds. The van der Waals surface area contributed by atoms with E-state index in [4.69, 9.17) is 4.74 Å². The zero-order valence-corrected chi connectivity index (χ0v) is 14.2. The summed E-state index contributed by atoms with van der Waals surface area (Å²) >= 11 is 0. The number of methoxy groups -OCH3 is 1. The van der Waals surface area contributed by atoms with Gasteiger partial charge in [-0.1, -0.05) is 25.5 Å². The minimum atomic E-state index is -0.636. The number of unbranched alkanes of at least 4 members (excludes halogenated alkanes) is 1. The van der Waals surface area contributed by atoms with Gasteiger partial charge in [-0.3, -0.25) is 4.99 Å². The highest BCUT2D eigenvalue weighted by Crippen LogP contribution is 2.19. The van der Waals surface area contributed by atoms with E-state index in [1.165, 1.54) is 0 Å². The fourth-order valence-corrected chi connectivity index (χ4v) is 2.10. The van der Waals surface area contributed by atoms with E-state index < -0.39 is 6.10 Å². The van der Waals surface area contributed by atoms with E-state index in [0.717, 1.165) is 43.2 Å². The van der Waals surface area contributed by atoms with E-state index in [0.29, 0.717) is 6.54 Å². The minimum absolute atomic E-state index is 0.325. The Labute approximate surface area is 134 Å². The van der Waals surface area contributed by atoms with Crippen LogP contribution in [0.5, 0.6) is 5.75 Å². The maximum atomic E-state index is 10.3. The molecule has 1 rings (SSSR count). The number of benzene rings is 1. The number of hydrogen-bond acceptors (Lipinski definition) is 3. The van der Waals surface area contributed by atoms with Crippen molar-refractivity contribution in [3.8, 4) is 5.75 Å². The molecule has 1 unspecified atom stereocenters. The van der Waals surface area contributed by atoms with Crippen LogP contribution in [0.1, 0.15) is 38.4 Å². The molecule has 0 bridgehead atoms. The number of ether oxygens (including phenoxy) is 1. The molecule has 0 radical (unpaired) electrons. The molecule has 1 atom stereocenters. The van der Waals surface area contributed by atoms with E-state index >= 15 is 0 Å². The van der Waals surface area contributed by atoms with Crippen LogP contribution in [0.15, 0.2) is 29.3 Å². The summed E-state index contributed by atoms with van der Waals surface area (Å²) in [4.78, 5) is 6.64. The zero-order chi connectivity index (χ0) is 16.4. The Morgan fingerprint density at radius 1 is 1.41 bits per heavy atom. The smallest absolute Gasteiger partial charge is 0.193 e. The standard InChI is InChI=1S/C17H29N3O2/c1-5-7-11-20(3)17(18-6-2)19-13-16(21)14-9-8-10-15(12-14)22-4/h8-10,12,16,21H,5-7,11,13H2,1-4H3,(H,18,19). The number of rotatable bonds is 8. The monoisotopic (exact) mass is 307 g/mol. The third-order valence-corrected chi connectivity index (χ3v) is 3.44. The molecular weight excluding hydrogens is 278 g/mol. The van der Waals surface area contributed by atoms with E-state index in [9.17, 15) is 5.11 Å². The van der Waals surface area contributed by atoms with Gasteiger partial charge in [0.25, 0.3) is 0 Å². The lowest BCUT2D eigenvalue weighted by molar-refractivity contribution is 0.186. The van der Waals surface area contributed by atoms with Crippen LogP contribution in [0.3, 0.4) is 0 Å². The van der Waals surface area contributed by atoms with Crippen molar-refractivity contribution in [2.75, 3.05) is 33.8 Å². The lowest BCUT2D eigenvalue weighted by Gasteiger charge is -2.22. The van der Waals surface area contributed by atoms with Gasteiger partial charge in [0, 0.05) is 20.1 Å². The maximum Gasteiger partial charge on any atom is 0.193 e. The first-order chi connectivity index (χ1) is 10.6. The Bertz CT molecular complexity index is 463. The molecule has 22 heavy (non-hydrogen) atoms. The summed E-state index contributed by atoms with van der Waals surface area (Å²) in [7, 11) is 3.64. The lowest BCUT2D eigenvalue weighted by atomic mass is 10.1. The first-order valence-electron chi connectivity index (χ1n) is 7.93. The molecule has 0 saturated heterocycles. The van der Waals surface area contributed by atoms with Crippen molar-refractivity contribution in [1.29, 1.82) is 0 Å². The van der Waals surface area contributed by atoms with Crippen molar-refractivity contribution in [1.82, 2.24) is 10.2 Å². The topological polar surface area (TPSA) is 57.1 Å². The molecule has 0 saturated carbocycles. The average Bonchev–Trinajstić information content (AvgIpc) is 2.56. The summed E-state index contributed by atoms with van der Waals surface area (Å²) in [5.74, 6) is 1.57. The van der Waals surface area contributed by atoms with E-state index in [1.807, 2.05) is 38.2 Å². The van der Waals surface area contributed by atoms with Crippen molar-refractivity contribution in [2.45, 2.75) is 32.8 Å². The molecule has 0 fully saturated rings. The number of guanidine groups is 1. The van der Waals surface area contributed by atoms with Gasteiger partial charge < -0.3 is 20.1 Å². The van der Waals surface area contributed by atoms with Crippen LogP contribution in [0.4, 0.5) is 0 Å². The number of aliphatic hydroxyl groups excluding tert-OH is 1. The van der Waals surface area contributed by atoms with Crippen molar-refractivity contribution in [3.63, 3.8) is 0 Å². The summed E-state index contributed by atoms with van der Waals surface area (Å²) in [6.45, 7) is 6.31. The van der Waals surface area contributed by atoms with Crippen molar-refractivity contribution in [3.05, 3.63) is 29.8 Å². The molecule has 0 heterocycles. The number of nitrogens with zero attached hydrogens (tertiary/aromatic N) is 2. The van der Waals surface area contributed by atoms with Gasteiger partial charge >= 0.3 is 0 Å². The van der Waals surface area contributed by atoms with Crippen LogP contribution in [-0.4, -0.2) is 49.8 Å². The second-order valence-corrected chi connectivity index (χ2v) is 5.26. The largest absolute Gasteiger partial charge is 0.497 e. The van der Waals surface area contributed by atoms with Crippen molar-refractivity contribution < 1.29 is 9.84 Å². The fourth-order valence-electron chi connectivity index (χ4n) is 2.10. The molecule has 1 aromatic rings. The summed E-state index contributed by atoms with van der Waals surface area (Å²) in [6, 6.07) is 7.46. The number of aliphatic hydroxyl groups is 1. The Morgan fingerprint density at radius 2 is 2.18 bits per heavy atom. The quantitative estimate of drug-likeness (QED) is 0.572. The first kappa shape index (κ1) is 18.3. The lowest BCUT2D eigenvalue weighted by Crippen LogP contribution is -2.39. The van der Waals surface area contributed by atoms with Gasteiger partial charge in [0.05, 0.1) is 19.8 Å². The predicted molar refractivity (Wildman–Crippen MR) is 91.5 cm³/mol. The molecule has 0 spiro atoms. The average molecular weight is 307 g/mol. The van der Waals surface area contributed by atoms with Gasteiger partial charge in [-0.15, -0.1) is 0 Å². The molecule has 2 N–H and O–H groups in total. The van der Waals surface area contributed by atoms with Crippen molar-refractivity contribution in [2.24, 2.45) is 4.99 Å². The second kappa shape index (κ2) is 10.1. The molecular formula is C17H29N3O2. The summed E-state index contributed by atoms with van der Waals surface area (Å²) in [6.07, 6.45) is 1.64. The normalized spacial score (nSPS) is 12.9. The molecule has 5 nitrogen and oxygen atoms in total. The Balaban J connectivity index is 2.71. The molecule has 0 aliphatic carbocycles. The fraction of sp³-hybridized carbons (Fsp3) is 0.588. The van der Waals surface area contributed by atoms with E-state index in [2.05, 4.69) is 22.1 Å². The Morgan fingerprint density at radius 3 is 2.82 bits per heavy atom. The second-order valence-electron chi connectivity index (χ2n) is 5.26. The third kappa shape index (κ3) is 5.93. The highest BCUT2D eigenvalue weighted by atomic mass is 16.5. The first-order valence-corrected chi connectivity index (χ1v) is 7.93. The summed E-state index contributed by atoms with van der Waals surface area (Å²) in [5.41, 5.74) is 0.815. The van der Waals surface area contributed by atoms with Crippen LogP contribution < -0.4 is 10.1 Å². The van der Waals surface area contributed by atoms with Crippen LogP contribution >= 0.6 is 0 Å². The molecule has 5 heteroatoms. The third-order valence-electron chi connectivity index (χ3n) is 3.44. The number of nitrogens with one attached hydrogen (secondary N) is 1. The van der Waals surface area contributed by atoms with Gasteiger partial charge in [0.15, 0.2) is 5.96 Å². The van der Waals surface area contributed by atoms with Gasteiger partial charge in [-0.05, 0) is 31.0 Å². The minimum Gasteiger partial charge on any atom is -0.497 e. The predicted octanol–water partition coefficient (Wildman–Crippen LogP) is 2.43. The Kier molecular flexibility index (Phi) is 8.36. The SMILES string of the molecule is CCCCN(C)C(=NCC(O)c1cccc(OC)c1)NCC. The molecule has 1 aromatic carbocycles. The molecule has 0 aliphatic heterocycles. The summed E-state index contributed by atoms with van der Waals surface area (Å²) < 4.78 is 5.18. The zero-order valence-electron chi connectivity index (χ0n) is 14.2. The van der Waals surface area contributed by atoms with Gasteiger partial charge in [0.1, 0.15) is 5.75 Å². The molecule has 124 valence electrons. The van der Waals surface area contributed by atoms with Gasteiger partial charge in [0.2, 0.25) is 0 Å². The molecule has 0 aliphatic rings. The van der Waals surface area contributed by atoms with Gasteiger partial charge in [-0.25, -0.2) is 0 Å². The van der Waals surface area contributed by atoms with Crippen LogP contribution in [0.25, 0.3) is 0 Å². The van der Waals surface area contributed by atoms with E-state index in [-0.39, 0.29) is 0 Å². The van der Waals surface area contributed by atoms with Crippen LogP contribution in [0, 0.1) is 0 Å². The van der Waals surface area contributed by atoms with Crippen LogP contribution in [-0.2, 0) is 0 Å². The Hall–Kier alpha value is -1.75. The van der Waals surface area contributed by atoms with E-state index in [1.54, 1.807) is 7.11 Å². The van der Waals surface area contributed by atoms with Crippen LogP contribution in [0.2, 0.25) is 0 Å². The maximum absolute atomic E-state index is 10.3. The highest BCUT2D eigenvalue weighted by Gasteiger charge is 2.10. The molecule has 0 aromatic heterocycles. The number of hydrogen-bond donors (Lipinski definition) is 2. The van der Waals surface area contributed by atoms with Crippen molar-refractivity contribution >= 4 is 5.96 Å².